The minimum absolute atomic E-state index is 0.0814. The van der Waals surface area contributed by atoms with Crippen LogP contribution in [0, 0.1) is 18.7 Å². The first-order chi connectivity index (χ1) is 7.97. The van der Waals surface area contributed by atoms with E-state index in [1.165, 1.54) is 6.07 Å². The first-order valence-corrected chi connectivity index (χ1v) is 6.10. The molecule has 0 spiro atoms. The molecule has 2 unspecified atom stereocenters. The summed E-state index contributed by atoms with van der Waals surface area (Å²) in [5, 5.41) is 0. The Hall–Kier alpha value is -0.930. The summed E-state index contributed by atoms with van der Waals surface area (Å²) in [5.41, 5.74) is 7.58. The Bertz CT molecular complexity index is 365. The highest BCUT2D eigenvalue weighted by atomic mass is 19.1. The summed E-state index contributed by atoms with van der Waals surface area (Å²) in [6.07, 6.45) is -0.0814. The fourth-order valence-corrected chi connectivity index (χ4v) is 1.91. The number of rotatable bonds is 5. The highest BCUT2D eigenvalue weighted by molar-refractivity contribution is 5.26. The van der Waals surface area contributed by atoms with Gasteiger partial charge in [-0.1, -0.05) is 26.0 Å². The number of halogens is 1. The van der Waals surface area contributed by atoms with E-state index < -0.39 is 0 Å². The fourth-order valence-electron chi connectivity index (χ4n) is 1.91. The van der Waals surface area contributed by atoms with Gasteiger partial charge in [-0.3, -0.25) is 0 Å². The maximum atomic E-state index is 13.5. The van der Waals surface area contributed by atoms with E-state index >= 15 is 0 Å². The van der Waals surface area contributed by atoms with Crippen LogP contribution in [0.2, 0.25) is 0 Å². The number of aryl methyl sites for hydroxylation is 1. The number of hydrogen-bond acceptors (Lipinski definition) is 2. The summed E-state index contributed by atoms with van der Waals surface area (Å²) in [4.78, 5) is 0. The Morgan fingerprint density at radius 1 is 1.35 bits per heavy atom. The van der Waals surface area contributed by atoms with Gasteiger partial charge < -0.3 is 10.5 Å². The van der Waals surface area contributed by atoms with Gasteiger partial charge in [-0.15, -0.1) is 0 Å². The van der Waals surface area contributed by atoms with E-state index in [-0.39, 0.29) is 18.0 Å². The lowest BCUT2D eigenvalue weighted by Gasteiger charge is -2.27. The van der Waals surface area contributed by atoms with Crippen LogP contribution in [0.25, 0.3) is 0 Å². The van der Waals surface area contributed by atoms with Crippen molar-refractivity contribution in [3.63, 3.8) is 0 Å². The van der Waals surface area contributed by atoms with E-state index in [4.69, 9.17) is 10.5 Å². The predicted molar refractivity (Wildman–Crippen MR) is 68.3 cm³/mol. The third-order valence-corrected chi connectivity index (χ3v) is 2.95. The predicted octanol–water partition coefficient (Wildman–Crippen LogP) is 3.20. The molecule has 1 aromatic rings. The number of hydrogen-bond donors (Lipinski definition) is 1. The molecule has 0 fully saturated rings. The van der Waals surface area contributed by atoms with Gasteiger partial charge in [-0.05, 0) is 37.0 Å². The third kappa shape index (κ3) is 3.51. The van der Waals surface area contributed by atoms with Crippen molar-refractivity contribution in [2.75, 3.05) is 6.61 Å². The van der Waals surface area contributed by atoms with Crippen LogP contribution in [0.15, 0.2) is 18.2 Å². The van der Waals surface area contributed by atoms with Gasteiger partial charge in [0, 0.05) is 6.61 Å². The SMILES string of the molecule is CCOC(C(C)C)C(N)c1ccc(C)c(F)c1. The van der Waals surface area contributed by atoms with Gasteiger partial charge in [0.25, 0.3) is 0 Å². The smallest absolute Gasteiger partial charge is 0.126 e. The zero-order chi connectivity index (χ0) is 13.0. The van der Waals surface area contributed by atoms with Gasteiger partial charge in [0.15, 0.2) is 0 Å². The number of benzene rings is 1. The summed E-state index contributed by atoms with van der Waals surface area (Å²) >= 11 is 0. The summed E-state index contributed by atoms with van der Waals surface area (Å²) in [6, 6.07) is 4.85. The molecule has 0 saturated heterocycles. The largest absolute Gasteiger partial charge is 0.376 e. The van der Waals surface area contributed by atoms with Gasteiger partial charge in [0.05, 0.1) is 12.1 Å². The standard InChI is InChI=1S/C14H22FNO/c1-5-17-14(9(2)3)13(16)11-7-6-10(4)12(15)8-11/h6-9,13-14H,5,16H2,1-4H3. The molecule has 96 valence electrons. The quantitative estimate of drug-likeness (QED) is 0.856. The minimum Gasteiger partial charge on any atom is -0.376 e. The summed E-state index contributed by atoms with van der Waals surface area (Å²) in [5.74, 6) is 0.0891. The Morgan fingerprint density at radius 3 is 2.47 bits per heavy atom. The van der Waals surface area contributed by atoms with E-state index in [0.29, 0.717) is 18.1 Å². The van der Waals surface area contributed by atoms with Crippen molar-refractivity contribution in [3.8, 4) is 0 Å². The number of nitrogens with two attached hydrogens (primary N) is 1. The monoisotopic (exact) mass is 239 g/mol. The van der Waals surface area contributed by atoms with E-state index in [0.717, 1.165) is 5.56 Å². The molecule has 1 aromatic carbocycles. The summed E-state index contributed by atoms with van der Waals surface area (Å²) in [7, 11) is 0. The Kier molecular flexibility index (Phi) is 5.09. The third-order valence-electron chi connectivity index (χ3n) is 2.95. The second-order valence-electron chi connectivity index (χ2n) is 4.70. The van der Waals surface area contributed by atoms with Crippen molar-refractivity contribution in [1.29, 1.82) is 0 Å². The van der Waals surface area contributed by atoms with Crippen molar-refractivity contribution < 1.29 is 9.13 Å². The average molecular weight is 239 g/mol. The van der Waals surface area contributed by atoms with E-state index in [9.17, 15) is 4.39 Å². The van der Waals surface area contributed by atoms with Crippen LogP contribution in [0.1, 0.15) is 37.9 Å². The van der Waals surface area contributed by atoms with Crippen LogP contribution < -0.4 is 5.73 Å². The second kappa shape index (κ2) is 6.12. The lowest BCUT2D eigenvalue weighted by atomic mass is 9.93. The van der Waals surface area contributed by atoms with Crippen molar-refractivity contribution in [2.45, 2.75) is 39.8 Å². The fraction of sp³-hybridized carbons (Fsp3) is 0.571. The molecule has 0 aliphatic heterocycles. The maximum absolute atomic E-state index is 13.5. The molecule has 0 saturated carbocycles. The highest BCUT2D eigenvalue weighted by Gasteiger charge is 2.23. The van der Waals surface area contributed by atoms with E-state index in [1.807, 2.05) is 13.0 Å². The average Bonchev–Trinajstić information content (AvgIpc) is 2.28. The van der Waals surface area contributed by atoms with Gasteiger partial charge in [-0.25, -0.2) is 4.39 Å². The molecule has 0 aliphatic carbocycles. The van der Waals surface area contributed by atoms with Crippen molar-refractivity contribution in [2.24, 2.45) is 11.7 Å². The van der Waals surface area contributed by atoms with E-state index in [2.05, 4.69) is 13.8 Å². The molecule has 1 rings (SSSR count). The molecular formula is C14H22FNO. The Morgan fingerprint density at radius 2 is 2.00 bits per heavy atom. The summed E-state index contributed by atoms with van der Waals surface area (Å²) < 4.78 is 19.1. The van der Waals surface area contributed by atoms with Crippen LogP contribution in [-0.4, -0.2) is 12.7 Å². The summed E-state index contributed by atoms with van der Waals surface area (Å²) in [6.45, 7) is 8.42. The lowest BCUT2D eigenvalue weighted by molar-refractivity contribution is 0.0121. The molecule has 0 aliphatic rings. The van der Waals surface area contributed by atoms with E-state index in [1.54, 1.807) is 13.0 Å². The topological polar surface area (TPSA) is 35.2 Å². The highest BCUT2D eigenvalue weighted by Crippen LogP contribution is 2.24. The number of ether oxygens (including phenoxy) is 1. The normalized spacial score (nSPS) is 15.0. The van der Waals surface area contributed by atoms with Gasteiger partial charge in [0.2, 0.25) is 0 Å². The molecule has 17 heavy (non-hydrogen) atoms. The molecule has 0 amide bonds. The zero-order valence-electron chi connectivity index (χ0n) is 11.0. The van der Waals surface area contributed by atoms with Crippen molar-refractivity contribution >= 4 is 0 Å². The molecular weight excluding hydrogens is 217 g/mol. The first kappa shape index (κ1) is 14.1. The molecule has 0 bridgehead atoms. The Balaban J connectivity index is 2.92. The van der Waals surface area contributed by atoms with Crippen LogP contribution in [0.5, 0.6) is 0 Å². The van der Waals surface area contributed by atoms with Gasteiger partial charge >= 0.3 is 0 Å². The molecule has 2 nitrogen and oxygen atoms in total. The van der Waals surface area contributed by atoms with Crippen LogP contribution >= 0.6 is 0 Å². The van der Waals surface area contributed by atoms with Crippen molar-refractivity contribution in [1.82, 2.24) is 0 Å². The minimum atomic E-state index is -0.287. The molecule has 0 radical (unpaired) electrons. The molecule has 0 heterocycles. The maximum Gasteiger partial charge on any atom is 0.126 e. The Labute approximate surface area is 103 Å². The first-order valence-electron chi connectivity index (χ1n) is 6.10. The molecule has 0 aromatic heterocycles. The molecule has 3 heteroatoms. The lowest BCUT2D eigenvalue weighted by Crippen LogP contribution is -2.33. The van der Waals surface area contributed by atoms with Gasteiger partial charge in [0.1, 0.15) is 5.82 Å². The second-order valence-corrected chi connectivity index (χ2v) is 4.70. The van der Waals surface area contributed by atoms with Crippen LogP contribution in [0.4, 0.5) is 4.39 Å². The van der Waals surface area contributed by atoms with Crippen LogP contribution in [0.3, 0.4) is 0 Å². The van der Waals surface area contributed by atoms with Crippen molar-refractivity contribution in [3.05, 3.63) is 35.1 Å². The van der Waals surface area contributed by atoms with Crippen LogP contribution in [-0.2, 0) is 4.74 Å². The molecule has 2 N–H and O–H groups in total. The molecule has 2 atom stereocenters. The van der Waals surface area contributed by atoms with Gasteiger partial charge in [-0.2, -0.15) is 0 Å². The zero-order valence-corrected chi connectivity index (χ0v) is 11.0.